The maximum absolute atomic E-state index is 5.78. The van der Waals surface area contributed by atoms with Crippen LogP contribution in [0.1, 0.15) is 19.7 Å². The lowest BCUT2D eigenvalue weighted by atomic mass is 10.2. The SMILES string of the molecule is CC(C)COc1ccccc1NCc1ncc[nH]1. The van der Waals surface area contributed by atoms with Crippen LogP contribution in [0.4, 0.5) is 5.69 Å². The smallest absolute Gasteiger partial charge is 0.142 e. The molecule has 0 atom stereocenters. The molecular weight excluding hydrogens is 226 g/mol. The van der Waals surface area contributed by atoms with E-state index in [1.165, 1.54) is 0 Å². The third kappa shape index (κ3) is 3.52. The molecule has 0 amide bonds. The zero-order valence-corrected chi connectivity index (χ0v) is 10.8. The lowest BCUT2D eigenvalue weighted by molar-refractivity contribution is 0.272. The molecule has 0 aliphatic rings. The molecule has 2 aromatic rings. The fourth-order valence-electron chi connectivity index (χ4n) is 1.57. The number of aromatic nitrogens is 2. The number of ether oxygens (including phenoxy) is 1. The summed E-state index contributed by atoms with van der Waals surface area (Å²) in [5, 5.41) is 3.32. The van der Waals surface area contributed by atoms with Crippen molar-refractivity contribution in [2.75, 3.05) is 11.9 Å². The van der Waals surface area contributed by atoms with Crippen molar-refractivity contribution >= 4 is 5.69 Å². The summed E-state index contributed by atoms with van der Waals surface area (Å²) in [5.74, 6) is 2.31. The minimum absolute atomic E-state index is 0.517. The number of rotatable bonds is 6. The Morgan fingerprint density at radius 1 is 1.33 bits per heavy atom. The maximum atomic E-state index is 5.78. The number of nitrogens with zero attached hydrogens (tertiary/aromatic N) is 1. The molecule has 4 nitrogen and oxygen atoms in total. The molecule has 0 fully saturated rings. The van der Waals surface area contributed by atoms with Crippen LogP contribution in [0.25, 0.3) is 0 Å². The van der Waals surface area contributed by atoms with E-state index in [0.717, 1.165) is 23.9 Å². The van der Waals surface area contributed by atoms with Gasteiger partial charge in [-0.3, -0.25) is 0 Å². The molecular formula is C14H19N3O. The Morgan fingerprint density at radius 3 is 2.89 bits per heavy atom. The van der Waals surface area contributed by atoms with E-state index in [4.69, 9.17) is 4.74 Å². The van der Waals surface area contributed by atoms with Gasteiger partial charge in [-0.1, -0.05) is 26.0 Å². The Balaban J connectivity index is 1.98. The first-order valence-corrected chi connectivity index (χ1v) is 6.19. The Kier molecular flexibility index (Phi) is 4.23. The third-order valence-corrected chi connectivity index (χ3v) is 2.46. The van der Waals surface area contributed by atoms with E-state index < -0.39 is 0 Å². The first-order valence-electron chi connectivity index (χ1n) is 6.19. The van der Waals surface area contributed by atoms with Crippen LogP contribution in [0.3, 0.4) is 0 Å². The van der Waals surface area contributed by atoms with E-state index in [-0.39, 0.29) is 0 Å². The number of para-hydroxylation sites is 2. The van der Waals surface area contributed by atoms with Crippen LogP contribution in [0.15, 0.2) is 36.7 Å². The van der Waals surface area contributed by atoms with Gasteiger partial charge in [-0.25, -0.2) is 4.98 Å². The number of aromatic amines is 1. The number of anilines is 1. The number of hydrogen-bond acceptors (Lipinski definition) is 3. The first kappa shape index (κ1) is 12.5. The Labute approximate surface area is 107 Å². The van der Waals surface area contributed by atoms with Gasteiger partial charge in [-0.2, -0.15) is 0 Å². The van der Waals surface area contributed by atoms with Crippen molar-refractivity contribution in [2.24, 2.45) is 5.92 Å². The number of H-pyrrole nitrogens is 1. The van der Waals surface area contributed by atoms with Gasteiger partial charge in [0.25, 0.3) is 0 Å². The second kappa shape index (κ2) is 6.10. The molecule has 0 aliphatic heterocycles. The molecule has 0 aliphatic carbocycles. The van der Waals surface area contributed by atoms with Gasteiger partial charge in [-0.05, 0) is 18.1 Å². The topological polar surface area (TPSA) is 49.9 Å². The minimum atomic E-state index is 0.517. The van der Waals surface area contributed by atoms with Crippen LogP contribution in [-0.4, -0.2) is 16.6 Å². The van der Waals surface area contributed by atoms with E-state index in [1.807, 2.05) is 30.5 Å². The van der Waals surface area contributed by atoms with E-state index in [9.17, 15) is 0 Å². The molecule has 0 radical (unpaired) electrons. The second-order valence-electron chi connectivity index (χ2n) is 4.59. The maximum Gasteiger partial charge on any atom is 0.142 e. The normalized spacial score (nSPS) is 10.6. The predicted octanol–water partition coefficient (Wildman–Crippen LogP) is 3.06. The van der Waals surface area contributed by atoms with Crippen molar-refractivity contribution in [1.29, 1.82) is 0 Å². The highest BCUT2D eigenvalue weighted by atomic mass is 16.5. The van der Waals surface area contributed by atoms with Crippen LogP contribution < -0.4 is 10.1 Å². The van der Waals surface area contributed by atoms with Gasteiger partial charge in [0.2, 0.25) is 0 Å². The monoisotopic (exact) mass is 245 g/mol. The molecule has 1 heterocycles. The van der Waals surface area contributed by atoms with E-state index in [2.05, 4.69) is 29.1 Å². The fraction of sp³-hybridized carbons (Fsp3) is 0.357. The van der Waals surface area contributed by atoms with E-state index in [0.29, 0.717) is 12.5 Å². The average Bonchev–Trinajstić information content (AvgIpc) is 2.88. The minimum Gasteiger partial charge on any atom is -0.491 e. The van der Waals surface area contributed by atoms with Gasteiger partial charge in [0.1, 0.15) is 11.6 Å². The summed E-state index contributed by atoms with van der Waals surface area (Å²) in [6.07, 6.45) is 3.57. The quantitative estimate of drug-likeness (QED) is 0.822. The van der Waals surface area contributed by atoms with E-state index >= 15 is 0 Å². The van der Waals surface area contributed by atoms with Crippen LogP contribution in [-0.2, 0) is 6.54 Å². The molecule has 0 spiro atoms. The summed E-state index contributed by atoms with van der Waals surface area (Å²) in [5.41, 5.74) is 0.995. The molecule has 0 unspecified atom stereocenters. The van der Waals surface area contributed by atoms with Gasteiger partial charge < -0.3 is 15.0 Å². The number of nitrogens with one attached hydrogen (secondary N) is 2. The number of imidazole rings is 1. The molecule has 1 aromatic heterocycles. The number of benzene rings is 1. The zero-order valence-electron chi connectivity index (χ0n) is 10.8. The highest BCUT2D eigenvalue weighted by Crippen LogP contribution is 2.24. The van der Waals surface area contributed by atoms with Crippen molar-refractivity contribution in [3.63, 3.8) is 0 Å². The van der Waals surface area contributed by atoms with Gasteiger partial charge in [0.15, 0.2) is 0 Å². The molecule has 0 saturated heterocycles. The highest BCUT2D eigenvalue weighted by Gasteiger charge is 2.04. The summed E-state index contributed by atoms with van der Waals surface area (Å²) in [7, 11) is 0. The van der Waals surface area contributed by atoms with Crippen molar-refractivity contribution in [1.82, 2.24) is 9.97 Å². The van der Waals surface area contributed by atoms with E-state index in [1.54, 1.807) is 6.20 Å². The first-order chi connectivity index (χ1) is 8.75. The largest absolute Gasteiger partial charge is 0.491 e. The molecule has 96 valence electrons. The summed E-state index contributed by atoms with van der Waals surface area (Å²) < 4.78 is 5.78. The Hall–Kier alpha value is -1.97. The highest BCUT2D eigenvalue weighted by molar-refractivity contribution is 5.56. The van der Waals surface area contributed by atoms with Crippen LogP contribution in [0.2, 0.25) is 0 Å². The fourth-order valence-corrected chi connectivity index (χ4v) is 1.57. The lowest BCUT2D eigenvalue weighted by Crippen LogP contribution is -2.07. The van der Waals surface area contributed by atoms with Crippen LogP contribution >= 0.6 is 0 Å². The molecule has 0 saturated carbocycles. The summed E-state index contributed by atoms with van der Waals surface area (Å²) in [6.45, 7) is 5.66. The van der Waals surface area contributed by atoms with Crippen molar-refractivity contribution in [2.45, 2.75) is 20.4 Å². The van der Waals surface area contributed by atoms with Crippen LogP contribution in [0.5, 0.6) is 5.75 Å². The van der Waals surface area contributed by atoms with Gasteiger partial charge in [-0.15, -0.1) is 0 Å². The summed E-state index contributed by atoms with van der Waals surface area (Å²) in [4.78, 5) is 7.24. The molecule has 2 N–H and O–H groups in total. The summed E-state index contributed by atoms with van der Waals surface area (Å²) in [6, 6.07) is 7.96. The Bertz CT molecular complexity index is 466. The summed E-state index contributed by atoms with van der Waals surface area (Å²) >= 11 is 0. The molecule has 0 bridgehead atoms. The lowest BCUT2D eigenvalue weighted by Gasteiger charge is -2.13. The van der Waals surface area contributed by atoms with Crippen molar-refractivity contribution in [3.05, 3.63) is 42.5 Å². The molecule has 2 rings (SSSR count). The standard InChI is InChI=1S/C14H19N3O/c1-11(2)10-18-13-6-4-3-5-12(13)17-9-14-15-7-8-16-14/h3-8,11,17H,9-10H2,1-2H3,(H,15,16). The van der Waals surface area contributed by atoms with Gasteiger partial charge >= 0.3 is 0 Å². The predicted molar refractivity (Wildman–Crippen MR) is 72.7 cm³/mol. The van der Waals surface area contributed by atoms with Gasteiger partial charge in [0, 0.05) is 12.4 Å². The zero-order chi connectivity index (χ0) is 12.8. The average molecular weight is 245 g/mol. The van der Waals surface area contributed by atoms with Crippen molar-refractivity contribution in [3.8, 4) is 5.75 Å². The molecule has 1 aromatic carbocycles. The number of hydrogen-bond donors (Lipinski definition) is 2. The molecule has 4 heteroatoms. The van der Waals surface area contributed by atoms with Gasteiger partial charge in [0.05, 0.1) is 18.8 Å². The Morgan fingerprint density at radius 2 is 2.17 bits per heavy atom. The molecule has 18 heavy (non-hydrogen) atoms. The second-order valence-corrected chi connectivity index (χ2v) is 4.59. The third-order valence-electron chi connectivity index (χ3n) is 2.46. The van der Waals surface area contributed by atoms with Crippen LogP contribution in [0, 0.1) is 5.92 Å². The van der Waals surface area contributed by atoms with Crippen molar-refractivity contribution < 1.29 is 4.74 Å².